The fourth-order valence-corrected chi connectivity index (χ4v) is 4.02. The van der Waals surface area contributed by atoms with Crippen molar-refractivity contribution in [1.29, 1.82) is 0 Å². The molecular formula is C19H24BrF3N2O2. The molecule has 4 nitrogen and oxygen atoms in total. The third kappa shape index (κ3) is 6.24. The van der Waals surface area contributed by atoms with Crippen LogP contribution >= 0.6 is 15.9 Å². The fourth-order valence-electron chi connectivity index (χ4n) is 3.54. The van der Waals surface area contributed by atoms with E-state index in [1.54, 1.807) is 25.1 Å². The van der Waals surface area contributed by atoms with Gasteiger partial charge in [-0.2, -0.15) is 13.2 Å². The van der Waals surface area contributed by atoms with E-state index in [9.17, 15) is 23.1 Å². The summed E-state index contributed by atoms with van der Waals surface area (Å²) in [4.78, 5) is 13.2. The second kappa shape index (κ2) is 9.10. The number of hydrogen-bond donors (Lipinski definition) is 2. The first-order valence-corrected chi connectivity index (χ1v) is 9.62. The summed E-state index contributed by atoms with van der Waals surface area (Å²) < 4.78 is 38.2. The Balaban J connectivity index is 2.05. The molecule has 1 fully saturated rings. The Morgan fingerprint density at radius 1 is 1.33 bits per heavy atom. The lowest BCUT2D eigenvalue weighted by molar-refractivity contribution is -0.148. The quantitative estimate of drug-likeness (QED) is 0.628. The summed E-state index contributed by atoms with van der Waals surface area (Å²) >= 11 is 3.38. The second-order valence-electron chi connectivity index (χ2n) is 6.95. The highest BCUT2D eigenvalue weighted by molar-refractivity contribution is 9.10. The van der Waals surface area contributed by atoms with E-state index in [2.05, 4.69) is 21.2 Å². The van der Waals surface area contributed by atoms with Crippen molar-refractivity contribution in [3.05, 3.63) is 40.0 Å². The summed E-state index contributed by atoms with van der Waals surface area (Å²) in [5.41, 5.74) is 1.31. The molecule has 0 spiro atoms. The molecule has 1 aliphatic heterocycles. The first-order valence-electron chi connectivity index (χ1n) is 8.83. The van der Waals surface area contributed by atoms with E-state index in [0.29, 0.717) is 41.7 Å². The Morgan fingerprint density at radius 2 is 1.93 bits per heavy atom. The van der Waals surface area contributed by atoms with E-state index in [1.165, 1.54) is 4.90 Å². The van der Waals surface area contributed by atoms with E-state index >= 15 is 0 Å². The van der Waals surface area contributed by atoms with Crippen LogP contribution in [-0.4, -0.2) is 47.8 Å². The molecule has 1 aliphatic rings. The summed E-state index contributed by atoms with van der Waals surface area (Å²) in [6.07, 6.45) is -2.88. The van der Waals surface area contributed by atoms with E-state index < -0.39 is 18.7 Å². The molecule has 1 heterocycles. The van der Waals surface area contributed by atoms with Crippen LogP contribution in [0.2, 0.25) is 0 Å². The average molecular weight is 449 g/mol. The van der Waals surface area contributed by atoms with Crippen molar-refractivity contribution < 1.29 is 23.1 Å². The number of piperidine rings is 1. The van der Waals surface area contributed by atoms with Crippen LogP contribution in [0.1, 0.15) is 32.3 Å². The SMILES string of the molecule is C/C(N[C@H](C)C1CCN(CC(F)(F)F)CC1)=C(/C(=O)O)c1ccccc1Br. The van der Waals surface area contributed by atoms with Gasteiger partial charge < -0.3 is 10.4 Å². The highest BCUT2D eigenvalue weighted by Crippen LogP contribution is 2.28. The summed E-state index contributed by atoms with van der Waals surface area (Å²) in [6.45, 7) is 3.60. The van der Waals surface area contributed by atoms with Gasteiger partial charge in [-0.05, 0) is 51.8 Å². The summed E-state index contributed by atoms with van der Waals surface area (Å²) in [6, 6.07) is 7.07. The monoisotopic (exact) mass is 448 g/mol. The highest BCUT2D eigenvalue weighted by atomic mass is 79.9. The lowest BCUT2D eigenvalue weighted by Gasteiger charge is -2.36. The largest absolute Gasteiger partial charge is 0.478 e. The number of hydrogen-bond acceptors (Lipinski definition) is 3. The number of carboxylic acids is 1. The van der Waals surface area contributed by atoms with Crippen LogP contribution in [0, 0.1) is 5.92 Å². The summed E-state index contributed by atoms with van der Waals surface area (Å²) in [5.74, 6) is -0.835. The Labute approximate surface area is 165 Å². The lowest BCUT2D eigenvalue weighted by atomic mass is 9.90. The van der Waals surface area contributed by atoms with Crippen molar-refractivity contribution in [1.82, 2.24) is 10.2 Å². The molecule has 150 valence electrons. The number of nitrogens with zero attached hydrogens (tertiary/aromatic N) is 1. The van der Waals surface area contributed by atoms with Crippen LogP contribution in [0.25, 0.3) is 5.57 Å². The second-order valence-corrected chi connectivity index (χ2v) is 7.80. The fraction of sp³-hybridized carbons (Fsp3) is 0.526. The number of nitrogens with one attached hydrogen (secondary N) is 1. The number of halogens is 4. The molecule has 8 heteroatoms. The predicted octanol–water partition coefficient (Wildman–Crippen LogP) is 4.52. The third-order valence-electron chi connectivity index (χ3n) is 4.92. The number of benzene rings is 1. The van der Waals surface area contributed by atoms with Gasteiger partial charge in [-0.15, -0.1) is 0 Å². The Morgan fingerprint density at radius 3 is 2.44 bits per heavy atom. The van der Waals surface area contributed by atoms with Gasteiger partial charge in [-0.3, -0.25) is 4.90 Å². The van der Waals surface area contributed by atoms with Crippen molar-refractivity contribution in [3.63, 3.8) is 0 Å². The van der Waals surface area contributed by atoms with Crippen LogP contribution in [0.15, 0.2) is 34.4 Å². The van der Waals surface area contributed by atoms with Gasteiger partial charge >= 0.3 is 12.1 Å². The number of carbonyl (C=O) groups is 1. The molecule has 0 amide bonds. The van der Waals surface area contributed by atoms with Crippen LogP contribution in [-0.2, 0) is 4.79 Å². The van der Waals surface area contributed by atoms with Crippen molar-refractivity contribution in [2.75, 3.05) is 19.6 Å². The number of rotatable bonds is 6. The van der Waals surface area contributed by atoms with Gasteiger partial charge in [0, 0.05) is 21.8 Å². The maximum Gasteiger partial charge on any atom is 0.401 e. The molecule has 1 aromatic carbocycles. The zero-order valence-corrected chi connectivity index (χ0v) is 16.9. The molecule has 1 atom stereocenters. The van der Waals surface area contributed by atoms with Crippen molar-refractivity contribution in [2.24, 2.45) is 5.92 Å². The first kappa shape index (κ1) is 21.8. The van der Waals surface area contributed by atoms with Crippen LogP contribution in [0.5, 0.6) is 0 Å². The lowest BCUT2D eigenvalue weighted by Crippen LogP contribution is -2.44. The van der Waals surface area contributed by atoms with Gasteiger partial charge in [0.1, 0.15) is 0 Å². The van der Waals surface area contributed by atoms with Gasteiger partial charge in [0.2, 0.25) is 0 Å². The maximum atomic E-state index is 12.5. The van der Waals surface area contributed by atoms with E-state index in [1.807, 2.05) is 13.0 Å². The zero-order valence-electron chi connectivity index (χ0n) is 15.3. The van der Waals surface area contributed by atoms with Gasteiger partial charge in [0.25, 0.3) is 0 Å². The standard InChI is InChI=1S/C19H24BrF3N2O2/c1-12(14-7-9-25(10-8-14)11-19(21,22)23)24-13(2)17(18(26)27)15-5-3-4-6-16(15)20/h3-6,12,14,24H,7-11H2,1-2H3,(H,26,27)/b17-13-/t12-/m1/s1. The molecule has 1 saturated heterocycles. The smallest absolute Gasteiger partial charge is 0.401 e. The zero-order chi connectivity index (χ0) is 20.2. The normalized spacial score (nSPS) is 18.7. The minimum Gasteiger partial charge on any atom is -0.478 e. The van der Waals surface area contributed by atoms with Crippen molar-refractivity contribution in [3.8, 4) is 0 Å². The topological polar surface area (TPSA) is 52.6 Å². The maximum absolute atomic E-state index is 12.5. The first-order chi connectivity index (χ1) is 12.6. The Bertz CT molecular complexity index is 698. The summed E-state index contributed by atoms with van der Waals surface area (Å²) in [7, 11) is 0. The number of carboxylic acid groups (broad SMARTS) is 1. The van der Waals surface area contributed by atoms with E-state index in [-0.39, 0.29) is 17.5 Å². The van der Waals surface area contributed by atoms with Gasteiger partial charge in [-0.25, -0.2) is 4.79 Å². The molecule has 0 unspecified atom stereocenters. The Hall–Kier alpha value is -1.54. The van der Waals surface area contributed by atoms with Crippen molar-refractivity contribution >= 4 is 27.5 Å². The number of alkyl halides is 3. The average Bonchev–Trinajstić information content (AvgIpc) is 2.55. The molecule has 27 heavy (non-hydrogen) atoms. The van der Waals surface area contributed by atoms with Gasteiger partial charge in [-0.1, -0.05) is 34.1 Å². The molecule has 0 aliphatic carbocycles. The molecule has 0 aromatic heterocycles. The van der Waals surface area contributed by atoms with Gasteiger partial charge in [0.05, 0.1) is 12.1 Å². The minimum absolute atomic E-state index is 0.0325. The molecular weight excluding hydrogens is 425 g/mol. The minimum atomic E-state index is -4.17. The predicted molar refractivity (Wildman–Crippen MR) is 102 cm³/mol. The Kier molecular flexibility index (Phi) is 7.33. The molecule has 0 bridgehead atoms. The summed E-state index contributed by atoms with van der Waals surface area (Å²) in [5, 5.41) is 12.9. The third-order valence-corrected chi connectivity index (χ3v) is 5.61. The number of aliphatic carboxylic acids is 1. The molecule has 0 saturated carbocycles. The van der Waals surface area contributed by atoms with Gasteiger partial charge in [0.15, 0.2) is 0 Å². The van der Waals surface area contributed by atoms with Crippen molar-refractivity contribution in [2.45, 2.75) is 38.9 Å². The number of likely N-dealkylation sites (tertiary alicyclic amines) is 1. The van der Waals surface area contributed by atoms with E-state index in [0.717, 1.165) is 0 Å². The van der Waals surface area contributed by atoms with Crippen LogP contribution in [0.3, 0.4) is 0 Å². The van der Waals surface area contributed by atoms with Crippen LogP contribution in [0.4, 0.5) is 13.2 Å². The molecule has 2 N–H and O–H groups in total. The molecule has 2 rings (SSSR count). The molecule has 0 radical (unpaired) electrons. The van der Waals surface area contributed by atoms with Crippen LogP contribution < -0.4 is 5.32 Å². The molecule has 1 aromatic rings. The number of allylic oxidation sites excluding steroid dienone is 1. The van der Waals surface area contributed by atoms with E-state index in [4.69, 9.17) is 0 Å². The highest BCUT2D eigenvalue weighted by Gasteiger charge is 2.33.